The van der Waals surface area contributed by atoms with Crippen LogP contribution in [-0.2, 0) is 5.67 Å². The second-order valence-corrected chi connectivity index (χ2v) is 11.5. The lowest BCUT2D eigenvalue weighted by Gasteiger charge is -2.30. The van der Waals surface area contributed by atoms with Crippen LogP contribution in [0.2, 0.25) is 29.7 Å². The molecule has 0 heterocycles. The van der Waals surface area contributed by atoms with Crippen molar-refractivity contribution in [1.82, 2.24) is 0 Å². The Hall–Kier alpha value is -0.913. The zero-order chi connectivity index (χ0) is 19.1. The molecule has 1 aromatic rings. The van der Waals surface area contributed by atoms with E-state index in [9.17, 15) is 30.7 Å². The van der Waals surface area contributed by atoms with Crippen LogP contribution in [0, 0.1) is 11.5 Å². The summed E-state index contributed by atoms with van der Waals surface area (Å²) < 4.78 is 90.5. The van der Waals surface area contributed by atoms with Gasteiger partial charge in [-0.25, -0.2) is 4.39 Å². The van der Waals surface area contributed by atoms with Crippen molar-refractivity contribution in [2.45, 2.75) is 37.7 Å². The Bertz CT molecular complexity index is 653. The summed E-state index contributed by atoms with van der Waals surface area (Å²) >= 11 is 11.4. The number of rotatable bonds is 1. The van der Waals surface area contributed by atoms with E-state index in [1.807, 2.05) is 19.6 Å². The van der Waals surface area contributed by atoms with Crippen molar-refractivity contribution in [1.29, 1.82) is 0 Å². The Labute approximate surface area is 144 Å². The first-order chi connectivity index (χ1) is 10.5. The maximum absolute atomic E-state index is 14.0. The van der Waals surface area contributed by atoms with Crippen molar-refractivity contribution in [2.75, 3.05) is 0 Å². The molecule has 10 heteroatoms. The molecule has 0 N–H and O–H groups in total. The lowest BCUT2D eigenvalue weighted by Crippen LogP contribution is -2.50. The molecule has 0 nitrogen and oxygen atoms in total. The van der Waals surface area contributed by atoms with Crippen LogP contribution in [-0.4, -0.2) is 20.4 Å². The quantitative estimate of drug-likeness (QED) is 0.281. The fourth-order valence-electron chi connectivity index (χ4n) is 1.63. The van der Waals surface area contributed by atoms with E-state index in [1.165, 1.54) is 0 Å². The van der Waals surface area contributed by atoms with Crippen LogP contribution in [0.3, 0.4) is 0 Å². The van der Waals surface area contributed by atoms with E-state index in [4.69, 9.17) is 23.2 Å². The highest BCUT2D eigenvalue weighted by atomic mass is 35.5. The summed E-state index contributed by atoms with van der Waals surface area (Å²) in [5.41, 5.74) is -4.65. The van der Waals surface area contributed by atoms with Gasteiger partial charge >= 0.3 is 18.0 Å². The Morgan fingerprint density at radius 1 is 0.833 bits per heavy atom. The number of alkyl halides is 7. The van der Waals surface area contributed by atoms with E-state index < -0.39 is 41.7 Å². The van der Waals surface area contributed by atoms with Crippen molar-refractivity contribution < 1.29 is 30.7 Å². The molecule has 0 aromatic heterocycles. The van der Waals surface area contributed by atoms with E-state index >= 15 is 0 Å². The summed E-state index contributed by atoms with van der Waals surface area (Å²) in [5, 5.41) is -1.17. The van der Waals surface area contributed by atoms with Gasteiger partial charge in [0.1, 0.15) is 8.07 Å². The molecule has 0 aliphatic carbocycles. The summed E-state index contributed by atoms with van der Waals surface area (Å²) in [5.74, 6) is 2.54. The van der Waals surface area contributed by atoms with Gasteiger partial charge in [0.15, 0.2) is 0 Å². The minimum absolute atomic E-state index is 0.142. The maximum Gasteiger partial charge on any atom is 0.435 e. The standard InChI is InChI=1S/C14H11Cl2F7Si/c1-24(2,3)5-4-9-10(15)6-8(7-11(9)16)12(17,13(18,19)20)14(21,22)23/h6-7H,1-3H3. The summed E-state index contributed by atoms with van der Waals surface area (Å²) in [6.07, 6.45) is -12.5. The highest BCUT2D eigenvalue weighted by molar-refractivity contribution is 6.83. The number of benzene rings is 1. The van der Waals surface area contributed by atoms with Crippen molar-refractivity contribution in [2.24, 2.45) is 0 Å². The SMILES string of the molecule is C[Si](C)(C)C#Cc1c(Cl)cc(C(F)(C(F)(F)F)C(F)(F)F)cc1Cl. The molecule has 0 unspecified atom stereocenters. The highest BCUT2D eigenvalue weighted by Gasteiger charge is 2.73. The predicted molar refractivity (Wildman–Crippen MR) is 81.6 cm³/mol. The molecule has 0 aliphatic heterocycles. The van der Waals surface area contributed by atoms with Gasteiger partial charge in [-0.1, -0.05) is 48.8 Å². The minimum Gasteiger partial charge on any atom is -0.218 e. The number of hydrogen-bond acceptors (Lipinski definition) is 0. The van der Waals surface area contributed by atoms with Gasteiger partial charge in [-0.2, -0.15) is 26.3 Å². The predicted octanol–water partition coefficient (Wildman–Crippen LogP) is 6.51. The first-order valence-electron chi connectivity index (χ1n) is 6.36. The van der Waals surface area contributed by atoms with Crippen LogP contribution in [0.1, 0.15) is 11.1 Å². The van der Waals surface area contributed by atoms with Gasteiger partial charge in [-0.05, 0) is 12.1 Å². The van der Waals surface area contributed by atoms with Gasteiger partial charge in [0, 0.05) is 5.56 Å². The summed E-state index contributed by atoms with van der Waals surface area (Å²) in [4.78, 5) is 0. The zero-order valence-corrected chi connectivity index (χ0v) is 15.1. The van der Waals surface area contributed by atoms with Crippen molar-refractivity contribution >= 4 is 31.3 Å². The van der Waals surface area contributed by atoms with Gasteiger partial charge < -0.3 is 0 Å². The molecule has 0 fully saturated rings. The summed E-state index contributed by atoms with van der Waals surface area (Å²) in [6.45, 7) is 5.57. The van der Waals surface area contributed by atoms with Crippen LogP contribution >= 0.6 is 23.2 Å². The molecule has 1 aromatic carbocycles. The Morgan fingerprint density at radius 3 is 1.50 bits per heavy atom. The fourth-order valence-corrected chi connectivity index (χ4v) is 2.71. The van der Waals surface area contributed by atoms with Crippen LogP contribution in [0.15, 0.2) is 12.1 Å². The molecule has 0 saturated carbocycles. The molecule has 0 spiro atoms. The largest absolute Gasteiger partial charge is 0.435 e. The Morgan fingerprint density at radius 2 is 1.21 bits per heavy atom. The average molecular weight is 411 g/mol. The molecular formula is C14H11Cl2F7Si. The first-order valence-corrected chi connectivity index (χ1v) is 10.6. The van der Waals surface area contributed by atoms with E-state index in [0.717, 1.165) is 0 Å². The van der Waals surface area contributed by atoms with Crippen LogP contribution in [0.4, 0.5) is 30.7 Å². The molecule has 0 aliphatic rings. The third-order valence-corrected chi connectivity index (χ3v) is 4.25. The van der Waals surface area contributed by atoms with Crippen molar-refractivity contribution in [3.05, 3.63) is 33.3 Å². The molecule has 134 valence electrons. The number of halogens is 9. The highest BCUT2D eigenvalue weighted by Crippen LogP contribution is 2.54. The molecule has 0 atom stereocenters. The average Bonchev–Trinajstić information content (AvgIpc) is 2.32. The lowest BCUT2D eigenvalue weighted by molar-refractivity contribution is -0.348. The van der Waals surface area contributed by atoms with E-state index in [0.29, 0.717) is 0 Å². The van der Waals surface area contributed by atoms with E-state index in [1.54, 1.807) is 0 Å². The first kappa shape index (κ1) is 21.1. The number of hydrogen-bond donors (Lipinski definition) is 0. The molecule has 0 radical (unpaired) electrons. The maximum atomic E-state index is 14.0. The van der Waals surface area contributed by atoms with E-state index in [-0.39, 0.29) is 17.7 Å². The van der Waals surface area contributed by atoms with Crippen LogP contribution in [0.5, 0.6) is 0 Å². The molecule has 0 saturated heterocycles. The molecule has 0 bridgehead atoms. The van der Waals surface area contributed by atoms with Crippen LogP contribution in [0.25, 0.3) is 0 Å². The molecular weight excluding hydrogens is 400 g/mol. The second-order valence-electron chi connectivity index (χ2n) is 5.97. The lowest BCUT2D eigenvalue weighted by atomic mass is 9.93. The van der Waals surface area contributed by atoms with E-state index in [2.05, 4.69) is 11.5 Å². The molecule has 24 heavy (non-hydrogen) atoms. The smallest absolute Gasteiger partial charge is 0.218 e. The van der Waals surface area contributed by atoms with Crippen molar-refractivity contribution in [3.63, 3.8) is 0 Å². The normalized spacial score (nSPS) is 13.5. The topological polar surface area (TPSA) is 0 Å². The van der Waals surface area contributed by atoms with Gasteiger partial charge in [-0.3, -0.25) is 0 Å². The summed E-state index contributed by atoms with van der Waals surface area (Å²) in [7, 11) is -1.91. The summed E-state index contributed by atoms with van der Waals surface area (Å²) in [6, 6.07) is 0.505. The van der Waals surface area contributed by atoms with Gasteiger partial charge in [0.05, 0.1) is 15.6 Å². The second kappa shape index (κ2) is 6.43. The minimum atomic E-state index is -6.23. The van der Waals surface area contributed by atoms with Gasteiger partial charge in [0.25, 0.3) is 0 Å². The Kier molecular flexibility index (Phi) is 5.66. The van der Waals surface area contributed by atoms with Crippen LogP contribution < -0.4 is 0 Å². The molecule has 0 amide bonds. The third-order valence-electron chi connectivity index (χ3n) is 2.78. The van der Waals surface area contributed by atoms with Gasteiger partial charge in [-0.15, -0.1) is 5.54 Å². The molecule has 1 rings (SSSR count). The Balaban J connectivity index is 3.61. The van der Waals surface area contributed by atoms with Crippen molar-refractivity contribution in [3.8, 4) is 11.5 Å². The fraction of sp³-hybridized carbons (Fsp3) is 0.429. The monoisotopic (exact) mass is 410 g/mol. The van der Waals surface area contributed by atoms with Gasteiger partial charge in [0.2, 0.25) is 0 Å². The zero-order valence-electron chi connectivity index (χ0n) is 12.6. The third kappa shape index (κ3) is 4.19.